The highest BCUT2D eigenvalue weighted by atomic mass is 19.3. The highest BCUT2D eigenvalue weighted by molar-refractivity contribution is 5.88. The molecule has 1 nitrogen and oxygen atoms in total. The molecule has 28 heavy (non-hydrogen) atoms. The third kappa shape index (κ3) is 5.28. The zero-order valence-electron chi connectivity index (χ0n) is 16.1. The van der Waals surface area contributed by atoms with Gasteiger partial charge in [0.1, 0.15) is 0 Å². The first-order chi connectivity index (χ1) is 13.6. The first-order valence-electron chi connectivity index (χ1n) is 9.84. The molecule has 0 spiro atoms. The van der Waals surface area contributed by atoms with E-state index in [0.717, 1.165) is 22.8 Å². The van der Waals surface area contributed by atoms with Gasteiger partial charge < -0.3 is 4.74 Å². The maximum absolute atomic E-state index is 14.0. The lowest BCUT2D eigenvalue weighted by Gasteiger charge is -2.09. The molecule has 0 bridgehead atoms. The quantitative estimate of drug-likeness (QED) is 0.341. The molecule has 0 aliphatic rings. The summed E-state index contributed by atoms with van der Waals surface area (Å²) in [4.78, 5) is 0. The second-order valence-corrected chi connectivity index (χ2v) is 7.08. The molecule has 148 valence electrons. The van der Waals surface area contributed by atoms with Gasteiger partial charge in [0.2, 0.25) is 0 Å². The molecule has 4 heteroatoms. The molecule has 0 radical (unpaired) electrons. The Labute approximate surface area is 164 Å². The van der Waals surface area contributed by atoms with Crippen molar-refractivity contribution >= 4 is 10.8 Å². The number of alkyl halides is 2. The van der Waals surface area contributed by atoms with Crippen molar-refractivity contribution in [2.24, 2.45) is 0 Å². The average Bonchev–Trinajstić information content (AvgIpc) is 2.68. The van der Waals surface area contributed by atoms with Crippen molar-refractivity contribution < 1.29 is 17.9 Å². The van der Waals surface area contributed by atoms with Gasteiger partial charge >= 0.3 is 6.61 Å². The Morgan fingerprint density at radius 1 is 0.786 bits per heavy atom. The average molecular weight is 386 g/mol. The van der Waals surface area contributed by atoms with Crippen molar-refractivity contribution in [2.75, 3.05) is 0 Å². The fourth-order valence-corrected chi connectivity index (χ4v) is 3.43. The van der Waals surface area contributed by atoms with E-state index >= 15 is 0 Å². The van der Waals surface area contributed by atoms with E-state index in [2.05, 4.69) is 29.9 Å². The fourth-order valence-electron chi connectivity index (χ4n) is 3.43. The Hall–Kier alpha value is -2.49. The van der Waals surface area contributed by atoms with Crippen LogP contribution in [0.2, 0.25) is 0 Å². The van der Waals surface area contributed by atoms with E-state index in [9.17, 15) is 13.2 Å². The lowest BCUT2D eigenvalue weighted by atomic mass is 9.98. The molecule has 0 heterocycles. The summed E-state index contributed by atoms with van der Waals surface area (Å²) in [5.74, 6) is -1.24. The van der Waals surface area contributed by atoms with Gasteiger partial charge in [-0.25, -0.2) is 4.39 Å². The summed E-state index contributed by atoms with van der Waals surface area (Å²) in [5, 5.41) is 2.22. The number of hydrogen-bond acceptors (Lipinski definition) is 1. The number of ether oxygens (including phenoxy) is 1. The Balaban J connectivity index is 1.74. The van der Waals surface area contributed by atoms with Crippen LogP contribution in [-0.4, -0.2) is 6.61 Å². The minimum absolute atomic E-state index is 0.442. The summed E-state index contributed by atoms with van der Waals surface area (Å²) < 4.78 is 42.7. The predicted octanol–water partition coefficient (Wildman–Crippen LogP) is 7.76. The summed E-state index contributed by atoms with van der Waals surface area (Å²) >= 11 is 0. The van der Waals surface area contributed by atoms with E-state index in [0.29, 0.717) is 5.56 Å². The molecule has 0 aliphatic heterocycles. The van der Waals surface area contributed by atoms with Crippen molar-refractivity contribution in [3.05, 3.63) is 66.0 Å². The second-order valence-electron chi connectivity index (χ2n) is 7.08. The SMILES string of the molecule is CCCCCCCc1ccc2cc(-c3ccc(OC(F)F)c(F)c3)ccc2c1. The highest BCUT2D eigenvalue weighted by Crippen LogP contribution is 2.29. The van der Waals surface area contributed by atoms with Crippen LogP contribution in [0.5, 0.6) is 5.75 Å². The van der Waals surface area contributed by atoms with Crippen molar-refractivity contribution in [3.63, 3.8) is 0 Å². The lowest BCUT2D eigenvalue weighted by Crippen LogP contribution is -2.03. The third-order valence-electron chi connectivity index (χ3n) is 4.95. The van der Waals surface area contributed by atoms with Crippen LogP contribution in [0.4, 0.5) is 13.2 Å². The zero-order chi connectivity index (χ0) is 19.9. The fraction of sp³-hybridized carbons (Fsp3) is 0.333. The smallest absolute Gasteiger partial charge is 0.387 e. The maximum atomic E-state index is 14.0. The van der Waals surface area contributed by atoms with Crippen molar-refractivity contribution in [1.29, 1.82) is 0 Å². The van der Waals surface area contributed by atoms with Crippen molar-refractivity contribution in [1.82, 2.24) is 0 Å². The van der Waals surface area contributed by atoms with E-state index in [1.165, 1.54) is 49.8 Å². The number of benzene rings is 3. The normalized spacial score (nSPS) is 11.3. The molecular formula is C24H25F3O. The molecule has 0 atom stereocenters. The van der Waals surface area contributed by atoms with E-state index in [4.69, 9.17) is 0 Å². The number of hydrogen-bond donors (Lipinski definition) is 0. The summed E-state index contributed by atoms with van der Waals surface area (Å²) in [6, 6.07) is 16.4. The molecule has 0 N–H and O–H groups in total. The van der Waals surface area contributed by atoms with Crippen LogP contribution in [0, 0.1) is 5.82 Å². The summed E-state index contributed by atoms with van der Waals surface area (Å²) in [6.45, 7) is -0.820. The molecule has 0 aliphatic carbocycles. The molecule has 0 unspecified atom stereocenters. The minimum atomic E-state index is -3.04. The number of halogens is 3. The zero-order valence-corrected chi connectivity index (χ0v) is 16.1. The van der Waals surface area contributed by atoms with E-state index in [1.807, 2.05) is 18.2 Å². The van der Waals surface area contributed by atoms with Gasteiger partial charge in [-0.05, 0) is 58.5 Å². The van der Waals surface area contributed by atoms with Crippen LogP contribution < -0.4 is 4.74 Å². The van der Waals surface area contributed by atoms with Crippen LogP contribution in [0.25, 0.3) is 21.9 Å². The first-order valence-corrected chi connectivity index (χ1v) is 9.84. The Morgan fingerprint density at radius 2 is 1.46 bits per heavy atom. The van der Waals surface area contributed by atoms with Gasteiger partial charge in [-0.15, -0.1) is 0 Å². The van der Waals surface area contributed by atoms with Crippen LogP contribution in [0.15, 0.2) is 54.6 Å². The number of aryl methyl sites for hydroxylation is 1. The van der Waals surface area contributed by atoms with E-state index in [-0.39, 0.29) is 0 Å². The van der Waals surface area contributed by atoms with Crippen molar-refractivity contribution in [3.8, 4) is 16.9 Å². The second kappa shape index (κ2) is 9.63. The Kier molecular flexibility index (Phi) is 6.96. The number of fused-ring (bicyclic) bond motifs is 1. The summed E-state index contributed by atoms with van der Waals surface area (Å²) in [5.41, 5.74) is 2.79. The largest absolute Gasteiger partial charge is 0.432 e. The topological polar surface area (TPSA) is 9.23 Å². The van der Waals surface area contributed by atoms with Crippen LogP contribution in [0.3, 0.4) is 0 Å². The molecule has 3 rings (SSSR count). The standard InChI is InChI=1S/C24H25F3O/c1-2-3-4-5-6-7-17-8-9-19-15-20(11-10-18(19)14-17)21-12-13-23(22(25)16-21)28-24(26)27/h8-16,24H,2-7H2,1H3. The number of rotatable bonds is 9. The molecule has 0 fully saturated rings. The summed E-state index contributed by atoms with van der Waals surface area (Å²) in [6.07, 6.45) is 7.40. The predicted molar refractivity (Wildman–Crippen MR) is 108 cm³/mol. The van der Waals surface area contributed by atoms with Gasteiger partial charge in [0.25, 0.3) is 0 Å². The number of unbranched alkanes of at least 4 members (excludes halogenated alkanes) is 4. The maximum Gasteiger partial charge on any atom is 0.387 e. The van der Waals surface area contributed by atoms with Gasteiger partial charge in [-0.3, -0.25) is 0 Å². The van der Waals surface area contributed by atoms with Gasteiger partial charge in [0, 0.05) is 0 Å². The van der Waals surface area contributed by atoms with Crippen LogP contribution in [0.1, 0.15) is 44.6 Å². The van der Waals surface area contributed by atoms with Crippen LogP contribution in [-0.2, 0) is 6.42 Å². The van der Waals surface area contributed by atoms with Gasteiger partial charge in [0.05, 0.1) is 0 Å². The van der Waals surface area contributed by atoms with Crippen molar-refractivity contribution in [2.45, 2.75) is 52.1 Å². The Bertz CT molecular complexity index is 921. The molecular weight excluding hydrogens is 361 g/mol. The monoisotopic (exact) mass is 386 g/mol. The third-order valence-corrected chi connectivity index (χ3v) is 4.95. The summed E-state index contributed by atoms with van der Waals surface area (Å²) in [7, 11) is 0. The molecule has 0 amide bonds. The van der Waals surface area contributed by atoms with Gasteiger partial charge in [0.15, 0.2) is 11.6 Å². The highest BCUT2D eigenvalue weighted by Gasteiger charge is 2.11. The van der Waals surface area contributed by atoms with Crippen LogP contribution >= 0.6 is 0 Å². The van der Waals surface area contributed by atoms with Gasteiger partial charge in [-0.2, -0.15) is 8.78 Å². The molecule has 0 saturated heterocycles. The van der Waals surface area contributed by atoms with E-state index in [1.54, 1.807) is 6.07 Å². The minimum Gasteiger partial charge on any atom is -0.432 e. The molecule has 0 aromatic heterocycles. The Morgan fingerprint density at radius 3 is 2.21 bits per heavy atom. The molecule has 3 aromatic carbocycles. The molecule has 0 saturated carbocycles. The molecule has 3 aromatic rings. The van der Waals surface area contributed by atoms with E-state index < -0.39 is 18.2 Å². The first kappa shape index (κ1) is 20.2. The lowest BCUT2D eigenvalue weighted by molar-refractivity contribution is -0.0521. The van der Waals surface area contributed by atoms with Gasteiger partial charge in [-0.1, -0.05) is 69.0 Å².